The molecule has 0 aliphatic rings. The predicted molar refractivity (Wildman–Crippen MR) is 96.0 cm³/mol. The quantitative estimate of drug-likeness (QED) is 0.347. The summed E-state index contributed by atoms with van der Waals surface area (Å²) in [6, 6.07) is -0.332. The van der Waals surface area contributed by atoms with Gasteiger partial charge in [-0.05, 0) is 12.3 Å². The lowest BCUT2D eigenvalue weighted by Gasteiger charge is -2.15. The summed E-state index contributed by atoms with van der Waals surface area (Å²) in [6.07, 6.45) is 16.8. The van der Waals surface area contributed by atoms with Crippen LogP contribution in [0.1, 0.15) is 78.1 Å². The molecule has 132 valence electrons. The molecule has 3 N–H and O–H groups in total. The van der Waals surface area contributed by atoms with Crippen LogP contribution in [0.4, 0.5) is 0 Å². The van der Waals surface area contributed by atoms with E-state index >= 15 is 0 Å². The normalized spacial score (nSPS) is 16.0. The van der Waals surface area contributed by atoms with E-state index in [1.807, 2.05) is 6.08 Å². The minimum Gasteiger partial charge on any atom is -0.387 e. The van der Waals surface area contributed by atoms with Gasteiger partial charge in [0, 0.05) is 7.11 Å². The van der Waals surface area contributed by atoms with Crippen molar-refractivity contribution in [1.82, 2.24) is 0 Å². The molecule has 0 saturated heterocycles. The Kier molecular flexibility index (Phi) is 15.2. The highest BCUT2D eigenvalue weighted by molar-refractivity contribution is 4.96. The molecular formula is C19H39NO2. The van der Waals surface area contributed by atoms with Gasteiger partial charge in [-0.15, -0.1) is 0 Å². The molecular weight excluding hydrogens is 274 g/mol. The van der Waals surface area contributed by atoms with Gasteiger partial charge in [-0.25, -0.2) is 0 Å². The standard InChI is InChI=1S/C19H39NO2/c1-4-5-6-7-8-9-10-11-12-13-17(2)14-15-19(21)18(20)16-22-3/h14-15,17-19,21H,4-13,16,20H2,1-3H3. The van der Waals surface area contributed by atoms with Crippen LogP contribution in [0.3, 0.4) is 0 Å². The molecule has 0 heterocycles. The number of aliphatic hydroxyl groups is 1. The van der Waals surface area contributed by atoms with Gasteiger partial charge < -0.3 is 15.6 Å². The first-order chi connectivity index (χ1) is 10.6. The second kappa shape index (κ2) is 15.5. The maximum Gasteiger partial charge on any atom is 0.0894 e. The number of hydrogen-bond acceptors (Lipinski definition) is 3. The summed E-state index contributed by atoms with van der Waals surface area (Å²) in [4.78, 5) is 0. The van der Waals surface area contributed by atoms with Gasteiger partial charge in [-0.2, -0.15) is 0 Å². The highest BCUT2D eigenvalue weighted by atomic mass is 16.5. The van der Waals surface area contributed by atoms with Crippen molar-refractivity contribution >= 4 is 0 Å². The number of unbranched alkanes of at least 4 members (excludes halogenated alkanes) is 8. The van der Waals surface area contributed by atoms with Gasteiger partial charge in [0.1, 0.15) is 0 Å². The van der Waals surface area contributed by atoms with E-state index in [-0.39, 0.29) is 6.04 Å². The van der Waals surface area contributed by atoms with Gasteiger partial charge in [0.25, 0.3) is 0 Å². The lowest BCUT2D eigenvalue weighted by atomic mass is 10.00. The number of methoxy groups -OCH3 is 1. The molecule has 3 unspecified atom stereocenters. The zero-order chi connectivity index (χ0) is 16.6. The number of aliphatic hydroxyl groups excluding tert-OH is 1. The van der Waals surface area contributed by atoms with Gasteiger partial charge in [0.15, 0.2) is 0 Å². The average molecular weight is 314 g/mol. The summed E-state index contributed by atoms with van der Waals surface area (Å²) in [7, 11) is 1.60. The first-order valence-electron chi connectivity index (χ1n) is 9.22. The number of rotatable bonds is 15. The summed E-state index contributed by atoms with van der Waals surface area (Å²) < 4.78 is 4.95. The summed E-state index contributed by atoms with van der Waals surface area (Å²) in [6.45, 7) is 4.85. The van der Waals surface area contributed by atoms with Gasteiger partial charge >= 0.3 is 0 Å². The molecule has 0 saturated carbocycles. The Labute approximate surface area is 138 Å². The Morgan fingerprint density at radius 1 is 0.955 bits per heavy atom. The van der Waals surface area contributed by atoms with Gasteiger partial charge in [0.2, 0.25) is 0 Å². The maximum absolute atomic E-state index is 9.84. The van der Waals surface area contributed by atoms with E-state index in [4.69, 9.17) is 10.5 Å². The highest BCUT2D eigenvalue weighted by Crippen LogP contribution is 2.14. The van der Waals surface area contributed by atoms with Crippen molar-refractivity contribution in [3.8, 4) is 0 Å². The molecule has 3 nitrogen and oxygen atoms in total. The van der Waals surface area contributed by atoms with Crippen molar-refractivity contribution in [2.75, 3.05) is 13.7 Å². The van der Waals surface area contributed by atoms with Crippen molar-refractivity contribution < 1.29 is 9.84 Å². The van der Waals surface area contributed by atoms with Crippen LogP contribution in [-0.2, 0) is 4.74 Å². The second-order valence-corrected chi connectivity index (χ2v) is 6.59. The fourth-order valence-corrected chi connectivity index (χ4v) is 2.61. The van der Waals surface area contributed by atoms with Gasteiger partial charge in [-0.1, -0.05) is 83.8 Å². The minimum absolute atomic E-state index is 0.332. The molecule has 0 bridgehead atoms. The molecule has 22 heavy (non-hydrogen) atoms. The average Bonchev–Trinajstić information content (AvgIpc) is 2.51. The SMILES string of the molecule is CCCCCCCCCCCC(C)C=CC(O)C(N)COC. The van der Waals surface area contributed by atoms with Gasteiger partial charge in [-0.3, -0.25) is 0 Å². The molecule has 0 aliphatic heterocycles. The zero-order valence-corrected chi connectivity index (χ0v) is 15.1. The molecule has 0 amide bonds. The number of nitrogens with two attached hydrogens (primary N) is 1. The predicted octanol–water partition coefficient (Wildman–Crippen LogP) is 4.43. The van der Waals surface area contributed by atoms with Crippen LogP contribution >= 0.6 is 0 Å². The first kappa shape index (κ1) is 21.6. The molecule has 0 aromatic rings. The summed E-state index contributed by atoms with van der Waals surface area (Å²) in [5, 5.41) is 9.84. The Morgan fingerprint density at radius 3 is 2.05 bits per heavy atom. The minimum atomic E-state index is -0.606. The Bertz CT molecular complexity index is 256. The molecule has 0 rings (SSSR count). The van der Waals surface area contributed by atoms with E-state index in [0.29, 0.717) is 12.5 Å². The Balaban J connectivity index is 3.51. The summed E-state index contributed by atoms with van der Waals surface area (Å²) in [5.74, 6) is 0.508. The van der Waals surface area contributed by atoms with Crippen LogP contribution in [0.2, 0.25) is 0 Å². The summed E-state index contributed by atoms with van der Waals surface area (Å²) in [5.41, 5.74) is 5.79. The zero-order valence-electron chi connectivity index (χ0n) is 15.1. The molecule has 0 radical (unpaired) electrons. The van der Waals surface area contributed by atoms with Crippen LogP contribution < -0.4 is 5.73 Å². The van der Waals surface area contributed by atoms with Crippen molar-refractivity contribution in [2.45, 2.75) is 90.2 Å². The molecule has 0 aromatic heterocycles. The van der Waals surface area contributed by atoms with Crippen molar-refractivity contribution in [2.24, 2.45) is 11.7 Å². The van der Waals surface area contributed by atoms with Crippen LogP contribution in [0.5, 0.6) is 0 Å². The Hall–Kier alpha value is -0.380. The molecule has 3 heteroatoms. The number of hydrogen-bond donors (Lipinski definition) is 2. The Morgan fingerprint density at radius 2 is 1.50 bits per heavy atom. The van der Waals surface area contributed by atoms with E-state index in [1.54, 1.807) is 7.11 Å². The van der Waals surface area contributed by atoms with E-state index in [0.717, 1.165) is 0 Å². The molecule has 0 fully saturated rings. The van der Waals surface area contributed by atoms with Crippen molar-refractivity contribution in [3.05, 3.63) is 12.2 Å². The van der Waals surface area contributed by atoms with E-state index in [2.05, 4.69) is 19.9 Å². The lowest BCUT2D eigenvalue weighted by molar-refractivity contribution is 0.113. The summed E-state index contributed by atoms with van der Waals surface area (Å²) >= 11 is 0. The van der Waals surface area contributed by atoms with Crippen molar-refractivity contribution in [3.63, 3.8) is 0 Å². The van der Waals surface area contributed by atoms with Crippen LogP contribution in [0.15, 0.2) is 12.2 Å². The third kappa shape index (κ3) is 13.3. The fourth-order valence-electron chi connectivity index (χ4n) is 2.61. The van der Waals surface area contributed by atoms with Crippen molar-refractivity contribution in [1.29, 1.82) is 0 Å². The van der Waals surface area contributed by atoms with Crippen LogP contribution in [0.25, 0.3) is 0 Å². The monoisotopic (exact) mass is 313 g/mol. The first-order valence-corrected chi connectivity index (χ1v) is 9.22. The third-order valence-corrected chi connectivity index (χ3v) is 4.20. The van der Waals surface area contributed by atoms with E-state index in [9.17, 15) is 5.11 Å². The number of ether oxygens (including phenoxy) is 1. The molecule has 0 aliphatic carbocycles. The second-order valence-electron chi connectivity index (χ2n) is 6.59. The molecule has 0 spiro atoms. The fraction of sp³-hybridized carbons (Fsp3) is 0.895. The maximum atomic E-state index is 9.84. The lowest BCUT2D eigenvalue weighted by Crippen LogP contribution is -2.37. The smallest absolute Gasteiger partial charge is 0.0894 e. The number of allylic oxidation sites excluding steroid dienone is 1. The molecule has 0 aromatic carbocycles. The largest absolute Gasteiger partial charge is 0.387 e. The topological polar surface area (TPSA) is 55.5 Å². The molecule has 3 atom stereocenters. The third-order valence-electron chi connectivity index (χ3n) is 4.20. The van der Waals surface area contributed by atoms with Crippen LogP contribution in [0, 0.1) is 5.92 Å². The van der Waals surface area contributed by atoms with E-state index in [1.165, 1.54) is 64.2 Å². The van der Waals surface area contributed by atoms with Gasteiger partial charge in [0.05, 0.1) is 18.8 Å². The highest BCUT2D eigenvalue weighted by Gasteiger charge is 2.11. The van der Waals surface area contributed by atoms with E-state index < -0.39 is 6.10 Å². The van der Waals surface area contributed by atoms with Crippen LogP contribution in [-0.4, -0.2) is 31.0 Å².